The van der Waals surface area contributed by atoms with Gasteiger partial charge in [-0.15, -0.1) is 0 Å². The van der Waals surface area contributed by atoms with E-state index in [1.807, 2.05) is 30.3 Å². The lowest BCUT2D eigenvalue weighted by Gasteiger charge is -2.12. The van der Waals surface area contributed by atoms with Crippen molar-refractivity contribution in [2.24, 2.45) is 0 Å². The van der Waals surface area contributed by atoms with Crippen molar-refractivity contribution in [2.45, 2.75) is 0 Å². The summed E-state index contributed by atoms with van der Waals surface area (Å²) < 4.78 is 0. The first-order valence-electron chi connectivity index (χ1n) is 7.78. The average molecular weight is 403 g/mol. The lowest BCUT2D eigenvalue weighted by molar-refractivity contribution is -0.380. The van der Waals surface area contributed by atoms with Crippen LogP contribution in [0.3, 0.4) is 0 Å². The quantitative estimate of drug-likeness (QED) is 0.451. The smallest absolute Gasteiger partial charge is 0.324 e. The summed E-state index contributed by atoms with van der Waals surface area (Å²) >= 11 is 1.61. The van der Waals surface area contributed by atoms with E-state index in [4.69, 9.17) is 0 Å². The fourth-order valence-electron chi connectivity index (χ4n) is 2.31. The van der Waals surface area contributed by atoms with Crippen LogP contribution in [0.2, 0.25) is 0 Å². The SMILES string of the molecule is O=C(NCCN1C(=O)S/C(=C\c2ccccc2)C1=O)c1ccc([N+](=O)[O-])s1. The first-order chi connectivity index (χ1) is 13.0. The summed E-state index contributed by atoms with van der Waals surface area (Å²) in [6.07, 6.45) is 1.65. The van der Waals surface area contributed by atoms with Gasteiger partial charge in [-0.25, -0.2) is 0 Å². The number of nitrogens with one attached hydrogen (secondary N) is 1. The molecule has 1 fully saturated rings. The summed E-state index contributed by atoms with van der Waals surface area (Å²) in [5.41, 5.74) is 0.815. The van der Waals surface area contributed by atoms with Crippen molar-refractivity contribution in [3.63, 3.8) is 0 Å². The van der Waals surface area contributed by atoms with Crippen LogP contribution in [0.15, 0.2) is 47.4 Å². The molecule has 3 amide bonds. The highest BCUT2D eigenvalue weighted by molar-refractivity contribution is 8.18. The number of thioether (sulfide) groups is 1. The molecule has 27 heavy (non-hydrogen) atoms. The molecular weight excluding hydrogens is 390 g/mol. The van der Waals surface area contributed by atoms with Crippen LogP contribution in [-0.4, -0.2) is 40.0 Å². The maximum atomic E-state index is 12.4. The van der Waals surface area contributed by atoms with Gasteiger partial charge in [-0.2, -0.15) is 0 Å². The number of hydrogen-bond donors (Lipinski definition) is 1. The Morgan fingerprint density at radius 2 is 1.93 bits per heavy atom. The second-order valence-electron chi connectivity index (χ2n) is 5.39. The van der Waals surface area contributed by atoms with Crippen LogP contribution in [0, 0.1) is 10.1 Å². The van der Waals surface area contributed by atoms with Crippen LogP contribution < -0.4 is 5.32 Å². The molecule has 3 rings (SSSR count). The van der Waals surface area contributed by atoms with E-state index in [1.165, 1.54) is 12.1 Å². The largest absolute Gasteiger partial charge is 0.350 e. The van der Waals surface area contributed by atoms with E-state index in [2.05, 4.69) is 5.32 Å². The van der Waals surface area contributed by atoms with Gasteiger partial charge >= 0.3 is 5.00 Å². The van der Waals surface area contributed by atoms with E-state index < -0.39 is 22.0 Å². The minimum atomic E-state index is -0.569. The molecule has 2 heterocycles. The molecule has 138 valence electrons. The van der Waals surface area contributed by atoms with Crippen LogP contribution in [-0.2, 0) is 4.79 Å². The Hall–Kier alpha value is -2.98. The fraction of sp³-hybridized carbons (Fsp3) is 0.118. The molecule has 1 saturated heterocycles. The first kappa shape index (κ1) is 18.8. The lowest BCUT2D eigenvalue weighted by Crippen LogP contribution is -2.37. The van der Waals surface area contributed by atoms with Crippen molar-refractivity contribution in [3.05, 3.63) is 67.9 Å². The van der Waals surface area contributed by atoms with Gasteiger partial charge in [0.25, 0.3) is 17.1 Å². The zero-order valence-electron chi connectivity index (χ0n) is 13.8. The van der Waals surface area contributed by atoms with Gasteiger partial charge in [0.2, 0.25) is 0 Å². The van der Waals surface area contributed by atoms with Gasteiger partial charge in [0.05, 0.1) is 14.7 Å². The summed E-state index contributed by atoms with van der Waals surface area (Å²) in [5.74, 6) is -0.894. The third-order valence-corrected chi connectivity index (χ3v) is 5.53. The molecule has 0 saturated carbocycles. The van der Waals surface area contributed by atoms with Crippen LogP contribution in [0.25, 0.3) is 6.08 Å². The molecule has 0 spiro atoms. The third kappa shape index (κ3) is 4.41. The second kappa shape index (κ2) is 8.14. The number of imide groups is 1. The Morgan fingerprint density at radius 3 is 2.59 bits per heavy atom. The molecule has 8 nitrogen and oxygen atoms in total. The molecule has 1 aliphatic rings. The molecule has 1 N–H and O–H groups in total. The molecule has 0 radical (unpaired) electrons. The number of benzene rings is 1. The van der Waals surface area contributed by atoms with E-state index >= 15 is 0 Å². The normalized spacial score (nSPS) is 15.4. The first-order valence-corrected chi connectivity index (χ1v) is 9.42. The Morgan fingerprint density at radius 1 is 1.19 bits per heavy atom. The van der Waals surface area contributed by atoms with E-state index in [-0.39, 0.29) is 23.0 Å². The number of nitrogens with zero attached hydrogens (tertiary/aromatic N) is 2. The molecule has 0 atom stereocenters. The molecule has 0 bridgehead atoms. The molecule has 1 aliphatic heterocycles. The minimum absolute atomic E-state index is 0.0238. The van der Waals surface area contributed by atoms with E-state index in [1.54, 1.807) is 6.08 Å². The maximum absolute atomic E-state index is 12.4. The maximum Gasteiger partial charge on any atom is 0.324 e. The van der Waals surface area contributed by atoms with Crippen LogP contribution in [0.4, 0.5) is 9.80 Å². The standard InChI is InChI=1S/C17H13N3O5S2/c21-15(12-6-7-14(26-12)20(24)25)18-8-9-19-16(22)13(27-17(19)23)10-11-4-2-1-3-5-11/h1-7,10H,8-9H2,(H,18,21)/b13-10-. The van der Waals surface area contributed by atoms with Crippen molar-refractivity contribution in [1.29, 1.82) is 0 Å². The van der Waals surface area contributed by atoms with Crippen LogP contribution >= 0.6 is 23.1 Å². The number of nitro groups is 1. The van der Waals surface area contributed by atoms with Gasteiger partial charge in [0.15, 0.2) is 0 Å². The molecular formula is C17H13N3O5S2. The highest BCUT2D eigenvalue weighted by Gasteiger charge is 2.34. The molecule has 1 aromatic heterocycles. The highest BCUT2D eigenvalue weighted by Crippen LogP contribution is 2.31. The molecule has 1 aromatic carbocycles. The van der Waals surface area contributed by atoms with Crippen molar-refractivity contribution in [1.82, 2.24) is 10.2 Å². The van der Waals surface area contributed by atoms with Gasteiger partial charge < -0.3 is 5.32 Å². The Labute approximate surface area is 162 Å². The molecule has 0 unspecified atom stereocenters. The Kier molecular flexibility index (Phi) is 5.67. The summed E-state index contributed by atoms with van der Waals surface area (Å²) in [6.45, 7) is 0.0805. The van der Waals surface area contributed by atoms with Gasteiger partial charge in [0.1, 0.15) is 0 Å². The number of hydrogen-bond acceptors (Lipinski definition) is 7. The summed E-state index contributed by atoms with van der Waals surface area (Å²) in [4.78, 5) is 48.1. The topological polar surface area (TPSA) is 110 Å². The predicted molar refractivity (Wildman–Crippen MR) is 102 cm³/mol. The lowest BCUT2D eigenvalue weighted by atomic mass is 10.2. The molecule has 10 heteroatoms. The monoisotopic (exact) mass is 403 g/mol. The number of rotatable bonds is 6. The Balaban J connectivity index is 1.57. The number of amides is 3. The van der Waals surface area contributed by atoms with Crippen molar-refractivity contribution in [2.75, 3.05) is 13.1 Å². The Bertz CT molecular complexity index is 939. The number of thiophene rings is 1. The summed E-state index contributed by atoms with van der Waals surface area (Å²) in [6, 6.07) is 11.8. The number of carbonyl (C=O) groups is 3. The zero-order chi connectivity index (χ0) is 19.4. The van der Waals surface area contributed by atoms with Gasteiger partial charge in [-0.05, 0) is 29.5 Å². The second-order valence-corrected chi connectivity index (χ2v) is 7.45. The van der Waals surface area contributed by atoms with Crippen LogP contribution in [0.1, 0.15) is 15.2 Å². The van der Waals surface area contributed by atoms with E-state index in [0.717, 1.165) is 33.6 Å². The van der Waals surface area contributed by atoms with Crippen molar-refractivity contribution >= 4 is 51.2 Å². The van der Waals surface area contributed by atoms with Crippen molar-refractivity contribution < 1.29 is 19.3 Å². The fourth-order valence-corrected chi connectivity index (χ4v) is 3.91. The van der Waals surface area contributed by atoms with Gasteiger partial charge in [-0.1, -0.05) is 41.7 Å². The molecule has 2 aromatic rings. The third-order valence-electron chi connectivity index (χ3n) is 3.59. The van der Waals surface area contributed by atoms with Crippen LogP contribution in [0.5, 0.6) is 0 Å². The number of carbonyl (C=O) groups excluding carboxylic acids is 3. The zero-order valence-corrected chi connectivity index (χ0v) is 15.4. The van der Waals surface area contributed by atoms with Gasteiger partial charge in [-0.3, -0.25) is 29.4 Å². The molecule has 0 aliphatic carbocycles. The summed E-state index contributed by atoms with van der Waals surface area (Å²) in [7, 11) is 0. The average Bonchev–Trinajstić information content (AvgIpc) is 3.24. The summed E-state index contributed by atoms with van der Waals surface area (Å²) in [5, 5.41) is 12.7. The minimum Gasteiger partial charge on any atom is -0.350 e. The highest BCUT2D eigenvalue weighted by atomic mass is 32.2. The van der Waals surface area contributed by atoms with Crippen molar-refractivity contribution in [3.8, 4) is 0 Å². The van der Waals surface area contributed by atoms with E-state index in [0.29, 0.717) is 4.91 Å². The van der Waals surface area contributed by atoms with Gasteiger partial charge in [0, 0.05) is 19.2 Å². The van der Waals surface area contributed by atoms with E-state index in [9.17, 15) is 24.5 Å². The predicted octanol–water partition coefficient (Wildman–Crippen LogP) is 3.12.